The first kappa shape index (κ1) is 16.0. The van der Waals surface area contributed by atoms with Crippen LogP contribution < -0.4 is 4.74 Å². The summed E-state index contributed by atoms with van der Waals surface area (Å²) in [6, 6.07) is 10.1. The van der Waals surface area contributed by atoms with Crippen molar-refractivity contribution < 1.29 is 9.53 Å². The maximum absolute atomic E-state index is 12.5. The fraction of sp³-hybridized carbons (Fsp3) is 0.250. The Hall–Kier alpha value is -2.35. The van der Waals surface area contributed by atoms with Gasteiger partial charge in [0.25, 0.3) is 0 Å². The molecule has 0 saturated heterocycles. The molecule has 0 aromatic heterocycles. The van der Waals surface area contributed by atoms with Gasteiger partial charge in [0.05, 0.1) is 12.7 Å². The van der Waals surface area contributed by atoms with Gasteiger partial charge in [-0.25, -0.2) is 0 Å². The van der Waals surface area contributed by atoms with E-state index in [-0.39, 0.29) is 5.78 Å². The van der Waals surface area contributed by atoms with Gasteiger partial charge in [-0.1, -0.05) is 30.3 Å². The van der Waals surface area contributed by atoms with Crippen LogP contribution in [0.1, 0.15) is 38.2 Å². The maximum atomic E-state index is 12.5. The van der Waals surface area contributed by atoms with Crippen molar-refractivity contribution in [3.05, 3.63) is 69.8 Å². The van der Waals surface area contributed by atoms with E-state index in [2.05, 4.69) is 26.0 Å². The van der Waals surface area contributed by atoms with Crippen LogP contribution in [0.2, 0.25) is 0 Å². The monoisotopic (exact) mass is 294 g/mol. The van der Waals surface area contributed by atoms with Gasteiger partial charge in [-0.15, -0.1) is 0 Å². The van der Waals surface area contributed by atoms with Crippen molar-refractivity contribution in [1.82, 2.24) is 0 Å². The summed E-state index contributed by atoms with van der Waals surface area (Å²) in [4.78, 5) is 12.5. The summed E-state index contributed by atoms with van der Waals surface area (Å²) in [5.41, 5.74) is 6.15. The lowest BCUT2D eigenvalue weighted by Gasteiger charge is -2.10. The van der Waals surface area contributed by atoms with Gasteiger partial charge < -0.3 is 4.74 Å². The second-order valence-corrected chi connectivity index (χ2v) is 5.70. The highest BCUT2D eigenvalue weighted by Gasteiger charge is 2.13. The number of hydrogen-bond donors (Lipinski definition) is 0. The van der Waals surface area contributed by atoms with Crippen molar-refractivity contribution in [2.75, 3.05) is 7.11 Å². The van der Waals surface area contributed by atoms with E-state index in [0.717, 1.165) is 16.7 Å². The van der Waals surface area contributed by atoms with Crippen LogP contribution in [0.5, 0.6) is 5.75 Å². The Kier molecular flexibility index (Phi) is 4.81. The van der Waals surface area contributed by atoms with E-state index in [1.54, 1.807) is 13.2 Å². The van der Waals surface area contributed by atoms with E-state index in [4.69, 9.17) is 4.74 Å². The summed E-state index contributed by atoms with van der Waals surface area (Å²) < 4.78 is 5.36. The highest BCUT2D eigenvalue weighted by atomic mass is 16.5. The average molecular weight is 294 g/mol. The molecule has 2 nitrogen and oxygen atoms in total. The molecule has 0 heterocycles. The van der Waals surface area contributed by atoms with Gasteiger partial charge >= 0.3 is 0 Å². The molecule has 0 spiro atoms. The Morgan fingerprint density at radius 1 is 0.955 bits per heavy atom. The van der Waals surface area contributed by atoms with Gasteiger partial charge in [0, 0.05) is 0 Å². The topological polar surface area (TPSA) is 26.3 Å². The predicted octanol–water partition coefficient (Wildman–Crippen LogP) is 4.82. The summed E-state index contributed by atoms with van der Waals surface area (Å²) in [6.45, 7) is 8.08. The second-order valence-electron chi connectivity index (χ2n) is 5.70. The molecule has 0 unspecified atom stereocenters. The van der Waals surface area contributed by atoms with Crippen LogP contribution in [0.3, 0.4) is 0 Å². The molecule has 0 aliphatic carbocycles. The molecular weight excluding hydrogens is 272 g/mol. The zero-order valence-corrected chi connectivity index (χ0v) is 13.9. The fourth-order valence-corrected chi connectivity index (χ4v) is 2.53. The van der Waals surface area contributed by atoms with Gasteiger partial charge in [-0.05, 0) is 67.7 Å². The van der Waals surface area contributed by atoms with Crippen molar-refractivity contribution in [2.45, 2.75) is 27.7 Å². The first-order chi connectivity index (χ1) is 10.4. The van der Waals surface area contributed by atoms with Crippen molar-refractivity contribution >= 4 is 11.9 Å². The Bertz CT molecular complexity index is 740. The lowest BCUT2D eigenvalue weighted by atomic mass is 9.99. The lowest BCUT2D eigenvalue weighted by molar-refractivity contribution is 0.104. The van der Waals surface area contributed by atoms with Crippen molar-refractivity contribution in [3.63, 3.8) is 0 Å². The summed E-state index contributed by atoms with van der Waals surface area (Å²) in [7, 11) is 1.60. The minimum Gasteiger partial charge on any atom is -0.496 e. The van der Waals surface area contributed by atoms with Crippen LogP contribution in [0.4, 0.5) is 0 Å². The molecule has 114 valence electrons. The second kappa shape index (κ2) is 6.61. The van der Waals surface area contributed by atoms with Crippen LogP contribution in [-0.2, 0) is 0 Å². The van der Waals surface area contributed by atoms with Crippen LogP contribution in [-0.4, -0.2) is 12.9 Å². The molecule has 0 N–H and O–H groups in total. The molecule has 0 aliphatic rings. The number of aryl methyl sites for hydroxylation is 4. The Labute approximate surface area is 132 Å². The summed E-state index contributed by atoms with van der Waals surface area (Å²) in [6.07, 6.45) is 3.47. The van der Waals surface area contributed by atoms with Crippen LogP contribution in [0.15, 0.2) is 36.4 Å². The van der Waals surface area contributed by atoms with E-state index in [1.165, 1.54) is 11.1 Å². The molecule has 0 fully saturated rings. The fourth-order valence-electron chi connectivity index (χ4n) is 2.53. The summed E-state index contributed by atoms with van der Waals surface area (Å²) in [5.74, 6) is 0.597. The first-order valence-corrected chi connectivity index (χ1v) is 7.37. The quantitative estimate of drug-likeness (QED) is 0.596. The molecule has 0 radical (unpaired) electrons. The molecular formula is C20H22O2. The van der Waals surface area contributed by atoms with Gasteiger partial charge in [-0.3, -0.25) is 4.79 Å². The normalized spacial score (nSPS) is 11.0. The van der Waals surface area contributed by atoms with Gasteiger partial charge in [0.15, 0.2) is 5.78 Å². The third-order valence-electron chi connectivity index (χ3n) is 3.87. The molecule has 2 aromatic rings. The minimum atomic E-state index is -0.0346. The SMILES string of the molecule is COc1cc(C)cc(C)c1C(=O)/C=C/c1ccc(C)c(C)c1. The largest absolute Gasteiger partial charge is 0.496 e. The number of ether oxygens (including phenoxy) is 1. The molecule has 2 heteroatoms. The molecule has 2 rings (SSSR count). The number of ketones is 1. The van der Waals surface area contributed by atoms with E-state index in [0.29, 0.717) is 11.3 Å². The standard InChI is InChI=1S/C20H22O2/c1-13-10-16(4)20(19(11-13)22-5)18(21)9-8-17-7-6-14(2)15(3)12-17/h6-12H,1-5H3/b9-8+. The number of allylic oxidation sites excluding steroid dienone is 1. The number of rotatable bonds is 4. The molecule has 0 bridgehead atoms. The highest BCUT2D eigenvalue weighted by molar-refractivity contribution is 6.09. The summed E-state index contributed by atoms with van der Waals surface area (Å²) >= 11 is 0. The number of benzene rings is 2. The lowest BCUT2D eigenvalue weighted by Crippen LogP contribution is -2.02. The van der Waals surface area contributed by atoms with Gasteiger partial charge in [0.1, 0.15) is 5.75 Å². The van der Waals surface area contributed by atoms with Crippen molar-refractivity contribution in [3.8, 4) is 5.75 Å². The minimum absolute atomic E-state index is 0.0346. The molecule has 2 aromatic carbocycles. The van der Waals surface area contributed by atoms with Crippen molar-refractivity contribution in [1.29, 1.82) is 0 Å². The smallest absolute Gasteiger partial charge is 0.189 e. The average Bonchev–Trinajstić information content (AvgIpc) is 2.47. The number of hydrogen-bond acceptors (Lipinski definition) is 2. The Morgan fingerprint density at radius 3 is 2.32 bits per heavy atom. The maximum Gasteiger partial charge on any atom is 0.189 e. The molecule has 0 amide bonds. The van der Waals surface area contributed by atoms with Crippen LogP contribution in [0, 0.1) is 27.7 Å². The zero-order valence-electron chi connectivity index (χ0n) is 13.9. The van der Waals surface area contributed by atoms with E-state index in [1.807, 2.05) is 38.1 Å². The number of carbonyl (C=O) groups excluding carboxylic acids is 1. The predicted molar refractivity (Wildman–Crippen MR) is 91.7 cm³/mol. The van der Waals surface area contributed by atoms with Crippen LogP contribution in [0.25, 0.3) is 6.08 Å². The Balaban J connectivity index is 2.33. The number of methoxy groups -OCH3 is 1. The van der Waals surface area contributed by atoms with Crippen LogP contribution >= 0.6 is 0 Å². The molecule has 0 saturated carbocycles. The highest BCUT2D eigenvalue weighted by Crippen LogP contribution is 2.25. The summed E-state index contributed by atoms with van der Waals surface area (Å²) in [5, 5.41) is 0. The van der Waals surface area contributed by atoms with E-state index >= 15 is 0 Å². The van der Waals surface area contributed by atoms with Gasteiger partial charge in [-0.2, -0.15) is 0 Å². The third kappa shape index (κ3) is 3.45. The molecule has 0 atom stereocenters. The number of carbonyl (C=O) groups is 1. The van der Waals surface area contributed by atoms with Crippen molar-refractivity contribution in [2.24, 2.45) is 0 Å². The molecule has 0 aliphatic heterocycles. The zero-order chi connectivity index (χ0) is 16.3. The van der Waals surface area contributed by atoms with E-state index in [9.17, 15) is 4.79 Å². The Morgan fingerprint density at radius 2 is 1.68 bits per heavy atom. The third-order valence-corrected chi connectivity index (χ3v) is 3.87. The molecule has 22 heavy (non-hydrogen) atoms. The van der Waals surface area contributed by atoms with Gasteiger partial charge in [0.2, 0.25) is 0 Å². The van der Waals surface area contributed by atoms with E-state index < -0.39 is 0 Å². The first-order valence-electron chi connectivity index (χ1n) is 7.37.